The Hall–Kier alpha value is -1.59. The topological polar surface area (TPSA) is 68.2 Å². The Labute approximate surface area is 132 Å². The minimum Gasteiger partial charge on any atom is -0.444 e. The summed E-state index contributed by atoms with van der Waals surface area (Å²) in [4.78, 5) is 29.0. The molecule has 0 unspecified atom stereocenters. The van der Waals surface area contributed by atoms with Gasteiger partial charge in [-0.1, -0.05) is 0 Å². The molecule has 0 bridgehead atoms. The molecule has 1 fully saturated rings. The minimum atomic E-state index is -0.568. The molecule has 1 aliphatic heterocycles. The number of hydrogen-bond acceptors (Lipinski definition) is 4. The van der Waals surface area contributed by atoms with Crippen LogP contribution in [0.2, 0.25) is 0 Å². The van der Waals surface area contributed by atoms with Gasteiger partial charge >= 0.3 is 12.2 Å². The summed E-state index contributed by atoms with van der Waals surface area (Å²) in [6.45, 7) is 12.2. The lowest BCUT2D eigenvalue weighted by Gasteiger charge is -2.32. The highest BCUT2D eigenvalue weighted by atomic mass is 16.6. The van der Waals surface area contributed by atoms with Crippen molar-refractivity contribution in [2.24, 2.45) is 10.9 Å². The predicted molar refractivity (Wildman–Crippen MR) is 85.3 cm³/mol. The largest absolute Gasteiger partial charge is 0.444 e. The molecule has 22 heavy (non-hydrogen) atoms. The molecule has 1 rings (SSSR count). The van der Waals surface area contributed by atoms with Crippen LogP contribution in [0.4, 0.5) is 9.59 Å². The average molecular weight is 312 g/mol. The molecule has 0 N–H and O–H groups in total. The Bertz CT molecular complexity index is 424. The summed E-state index contributed by atoms with van der Waals surface area (Å²) in [7, 11) is 0. The molecule has 2 amide bonds. The molecule has 0 saturated carbocycles. The normalized spacial score (nSPS) is 17.6. The van der Waals surface area contributed by atoms with E-state index in [0.717, 1.165) is 12.8 Å². The first-order chi connectivity index (χ1) is 9.96. The van der Waals surface area contributed by atoms with Crippen LogP contribution in [0.5, 0.6) is 0 Å². The third-order valence-corrected chi connectivity index (χ3v) is 2.98. The van der Waals surface area contributed by atoms with Crippen LogP contribution < -0.4 is 0 Å². The van der Waals surface area contributed by atoms with E-state index in [1.165, 1.54) is 0 Å². The molecule has 6 nitrogen and oxygen atoms in total. The van der Waals surface area contributed by atoms with E-state index in [9.17, 15) is 9.59 Å². The molecule has 1 aliphatic rings. The van der Waals surface area contributed by atoms with Crippen LogP contribution >= 0.6 is 0 Å². The summed E-state index contributed by atoms with van der Waals surface area (Å²) in [5.41, 5.74) is -1.01. The highest BCUT2D eigenvalue weighted by Crippen LogP contribution is 2.18. The van der Waals surface area contributed by atoms with E-state index in [4.69, 9.17) is 9.47 Å². The standard InChI is InChI=1S/C16H28N2O4/c1-15(2,3)21-13(19)17-11-12-7-9-18(10-8-12)14(20)22-16(4,5)6/h11-12H,7-10H2,1-6H3/b17-11+. The number of amides is 2. The van der Waals surface area contributed by atoms with Gasteiger partial charge in [-0.15, -0.1) is 0 Å². The summed E-state index contributed by atoms with van der Waals surface area (Å²) in [5.74, 6) is 0.186. The van der Waals surface area contributed by atoms with E-state index >= 15 is 0 Å². The maximum Gasteiger partial charge on any atom is 0.433 e. The lowest BCUT2D eigenvalue weighted by atomic mass is 9.98. The first kappa shape index (κ1) is 18.5. The smallest absolute Gasteiger partial charge is 0.433 e. The van der Waals surface area contributed by atoms with Gasteiger partial charge in [0.2, 0.25) is 0 Å². The van der Waals surface area contributed by atoms with Crippen LogP contribution in [-0.2, 0) is 9.47 Å². The molecular formula is C16H28N2O4. The third kappa shape index (κ3) is 7.43. The quantitative estimate of drug-likeness (QED) is 0.693. The number of piperidine rings is 1. The minimum absolute atomic E-state index is 0.186. The van der Waals surface area contributed by atoms with Crippen LogP contribution in [-0.4, -0.2) is 47.6 Å². The van der Waals surface area contributed by atoms with E-state index < -0.39 is 17.3 Å². The van der Waals surface area contributed by atoms with Crippen molar-refractivity contribution in [2.45, 2.75) is 65.6 Å². The summed E-state index contributed by atoms with van der Waals surface area (Å²) < 4.78 is 10.5. The van der Waals surface area contributed by atoms with Crippen molar-refractivity contribution >= 4 is 18.4 Å². The van der Waals surface area contributed by atoms with Crippen LogP contribution in [0, 0.1) is 5.92 Å². The molecule has 0 aliphatic carbocycles. The Morgan fingerprint density at radius 2 is 1.50 bits per heavy atom. The van der Waals surface area contributed by atoms with Gasteiger partial charge in [-0.3, -0.25) is 0 Å². The monoisotopic (exact) mass is 312 g/mol. The molecule has 0 radical (unpaired) electrons. The van der Waals surface area contributed by atoms with E-state index in [1.54, 1.807) is 31.9 Å². The van der Waals surface area contributed by atoms with Crippen LogP contribution in [0.25, 0.3) is 0 Å². The zero-order valence-corrected chi connectivity index (χ0v) is 14.5. The van der Waals surface area contributed by atoms with E-state index in [0.29, 0.717) is 13.1 Å². The molecule has 6 heteroatoms. The second-order valence-corrected chi connectivity index (χ2v) is 7.56. The van der Waals surface area contributed by atoms with Gasteiger partial charge in [0.05, 0.1) is 0 Å². The average Bonchev–Trinajstić information content (AvgIpc) is 2.33. The van der Waals surface area contributed by atoms with Gasteiger partial charge in [-0.2, -0.15) is 4.99 Å². The fraction of sp³-hybridized carbons (Fsp3) is 0.812. The predicted octanol–water partition coefficient (Wildman–Crippen LogP) is 3.64. The van der Waals surface area contributed by atoms with Crippen molar-refractivity contribution in [3.63, 3.8) is 0 Å². The molecule has 0 aromatic carbocycles. The Kier molecular flexibility index (Phi) is 5.97. The van der Waals surface area contributed by atoms with E-state index in [2.05, 4.69) is 4.99 Å². The van der Waals surface area contributed by atoms with Gasteiger partial charge in [0, 0.05) is 19.3 Å². The summed E-state index contributed by atoms with van der Waals surface area (Å²) in [5, 5.41) is 0. The molecular weight excluding hydrogens is 284 g/mol. The van der Waals surface area contributed by atoms with Gasteiger partial charge in [-0.25, -0.2) is 9.59 Å². The van der Waals surface area contributed by atoms with E-state index in [1.807, 2.05) is 20.8 Å². The summed E-state index contributed by atoms with van der Waals surface area (Å²) >= 11 is 0. The first-order valence-corrected chi connectivity index (χ1v) is 7.71. The molecule has 126 valence electrons. The second-order valence-electron chi connectivity index (χ2n) is 7.56. The number of carbonyl (C=O) groups excluding carboxylic acids is 2. The molecule has 1 saturated heterocycles. The zero-order valence-electron chi connectivity index (χ0n) is 14.5. The van der Waals surface area contributed by atoms with Gasteiger partial charge in [0.1, 0.15) is 11.2 Å². The van der Waals surface area contributed by atoms with Gasteiger partial charge in [0.25, 0.3) is 0 Å². The van der Waals surface area contributed by atoms with Gasteiger partial charge < -0.3 is 14.4 Å². The van der Waals surface area contributed by atoms with Crippen LogP contribution in [0.15, 0.2) is 4.99 Å². The number of carbonyl (C=O) groups is 2. The van der Waals surface area contributed by atoms with Crippen LogP contribution in [0.1, 0.15) is 54.4 Å². The van der Waals surface area contributed by atoms with Crippen molar-refractivity contribution in [1.82, 2.24) is 4.90 Å². The Balaban J connectivity index is 2.39. The SMILES string of the molecule is CC(C)(C)OC(=O)/N=C/C1CCN(C(=O)OC(C)(C)C)CC1. The number of likely N-dealkylation sites (tertiary alicyclic amines) is 1. The van der Waals surface area contributed by atoms with Crippen molar-refractivity contribution in [1.29, 1.82) is 0 Å². The summed E-state index contributed by atoms with van der Waals surface area (Å²) in [6, 6.07) is 0. The number of ether oxygens (including phenoxy) is 2. The lowest BCUT2D eigenvalue weighted by molar-refractivity contribution is 0.0202. The lowest BCUT2D eigenvalue weighted by Crippen LogP contribution is -2.42. The van der Waals surface area contributed by atoms with Crippen molar-refractivity contribution in [3.05, 3.63) is 0 Å². The molecule has 0 atom stereocenters. The molecule has 0 aromatic rings. The highest BCUT2D eigenvalue weighted by Gasteiger charge is 2.26. The first-order valence-electron chi connectivity index (χ1n) is 7.71. The number of aliphatic imine (C=N–C) groups is 1. The Morgan fingerprint density at radius 3 is 1.95 bits per heavy atom. The number of rotatable bonds is 1. The van der Waals surface area contributed by atoms with Crippen molar-refractivity contribution < 1.29 is 19.1 Å². The number of nitrogens with zero attached hydrogens (tertiary/aromatic N) is 2. The maximum atomic E-state index is 11.9. The number of hydrogen-bond donors (Lipinski definition) is 0. The third-order valence-electron chi connectivity index (χ3n) is 2.98. The van der Waals surface area contributed by atoms with Crippen molar-refractivity contribution in [2.75, 3.05) is 13.1 Å². The Morgan fingerprint density at radius 1 is 1.00 bits per heavy atom. The fourth-order valence-electron chi connectivity index (χ4n) is 2.01. The van der Waals surface area contributed by atoms with E-state index in [-0.39, 0.29) is 12.0 Å². The molecule has 0 spiro atoms. The van der Waals surface area contributed by atoms with Crippen LogP contribution in [0.3, 0.4) is 0 Å². The molecule has 0 aromatic heterocycles. The zero-order chi connectivity index (χ0) is 17.0. The van der Waals surface area contributed by atoms with Gasteiger partial charge in [-0.05, 0) is 60.3 Å². The maximum absolute atomic E-state index is 11.9. The van der Waals surface area contributed by atoms with Crippen molar-refractivity contribution in [3.8, 4) is 0 Å². The molecule has 1 heterocycles. The fourth-order valence-corrected chi connectivity index (χ4v) is 2.01. The highest BCUT2D eigenvalue weighted by molar-refractivity contribution is 5.80. The van der Waals surface area contributed by atoms with Gasteiger partial charge in [0.15, 0.2) is 0 Å². The summed E-state index contributed by atoms with van der Waals surface area (Å²) in [6.07, 6.45) is 2.33. The second kappa shape index (κ2) is 7.11.